The van der Waals surface area contributed by atoms with Gasteiger partial charge in [0.25, 0.3) is 0 Å². The Morgan fingerprint density at radius 3 is 2.08 bits per heavy atom. The molecule has 0 aliphatic carbocycles. The van der Waals surface area contributed by atoms with Crippen molar-refractivity contribution in [3.8, 4) is 5.75 Å². The maximum absolute atomic E-state index is 12.6. The number of carbonyl (C=O) groups excluding carboxylic acids is 2. The zero-order valence-electron chi connectivity index (χ0n) is 14.9. The number of hydrogen-bond acceptors (Lipinski definition) is 4. The lowest BCUT2D eigenvalue weighted by Crippen LogP contribution is -2.18. The molecular weight excluding hydrogens is 334 g/mol. The van der Waals surface area contributed by atoms with Crippen molar-refractivity contribution in [2.24, 2.45) is 5.92 Å². The summed E-state index contributed by atoms with van der Waals surface area (Å²) in [5.41, 5.74) is 1.33. The Labute approximate surface area is 153 Å². The number of thioether (sulfide) groups is 1. The number of amides is 1. The summed E-state index contributed by atoms with van der Waals surface area (Å²) in [5, 5.41) is 2.62. The van der Waals surface area contributed by atoms with Crippen LogP contribution >= 0.6 is 11.8 Å². The molecule has 0 aliphatic rings. The number of anilines is 1. The van der Waals surface area contributed by atoms with Crippen LogP contribution in [0.5, 0.6) is 5.75 Å². The predicted octanol–water partition coefficient (Wildman–Crippen LogP) is 4.65. The Morgan fingerprint density at radius 1 is 0.960 bits per heavy atom. The molecule has 0 radical (unpaired) electrons. The lowest BCUT2D eigenvalue weighted by molar-refractivity contribution is -0.118. The highest BCUT2D eigenvalue weighted by molar-refractivity contribution is 8.00. The SMILES string of the molecule is COc1ccc(SC(C)C(=O)c2ccc(NC(=O)C(C)C)cc2)cc1. The molecule has 0 fully saturated rings. The van der Waals surface area contributed by atoms with Gasteiger partial charge in [0, 0.05) is 22.1 Å². The smallest absolute Gasteiger partial charge is 0.226 e. The molecule has 1 N–H and O–H groups in total. The van der Waals surface area contributed by atoms with E-state index in [1.165, 1.54) is 11.8 Å². The van der Waals surface area contributed by atoms with Gasteiger partial charge >= 0.3 is 0 Å². The summed E-state index contributed by atoms with van der Waals surface area (Å²) < 4.78 is 5.14. The standard InChI is InChI=1S/C20H23NO3S/c1-13(2)20(23)21-16-7-5-15(6-8-16)19(22)14(3)25-18-11-9-17(24-4)10-12-18/h5-14H,1-4H3,(H,21,23). The highest BCUT2D eigenvalue weighted by atomic mass is 32.2. The summed E-state index contributed by atoms with van der Waals surface area (Å²) in [7, 11) is 1.63. The molecule has 4 nitrogen and oxygen atoms in total. The first-order valence-corrected chi connectivity index (χ1v) is 9.04. The van der Waals surface area contributed by atoms with Crippen LogP contribution in [0, 0.1) is 5.92 Å². The maximum atomic E-state index is 12.6. The minimum absolute atomic E-state index is 0.0393. The fourth-order valence-electron chi connectivity index (χ4n) is 2.15. The van der Waals surface area contributed by atoms with Gasteiger partial charge in [0.2, 0.25) is 5.91 Å². The number of benzene rings is 2. The lowest BCUT2D eigenvalue weighted by atomic mass is 10.1. The van der Waals surface area contributed by atoms with Gasteiger partial charge in [-0.05, 0) is 55.5 Å². The van der Waals surface area contributed by atoms with Crippen molar-refractivity contribution in [3.63, 3.8) is 0 Å². The molecule has 2 rings (SSSR count). The molecule has 1 atom stereocenters. The van der Waals surface area contributed by atoms with Gasteiger partial charge in [-0.25, -0.2) is 0 Å². The molecule has 25 heavy (non-hydrogen) atoms. The van der Waals surface area contributed by atoms with Crippen LogP contribution in [-0.2, 0) is 4.79 Å². The first-order chi connectivity index (χ1) is 11.9. The van der Waals surface area contributed by atoms with E-state index in [0.717, 1.165) is 10.6 Å². The number of Topliss-reactive ketones (excluding diaryl/α,β-unsaturated/α-hetero) is 1. The molecule has 132 valence electrons. The summed E-state index contributed by atoms with van der Waals surface area (Å²) >= 11 is 1.51. The summed E-state index contributed by atoms with van der Waals surface area (Å²) in [6.07, 6.45) is 0. The Balaban J connectivity index is 1.99. The molecular formula is C20H23NO3S. The summed E-state index contributed by atoms with van der Waals surface area (Å²) in [6.45, 7) is 5.57. The number of ether oxygens (including phenoxy) is 1. The van der Waals surface area contributed by atoms with Crippen molar-refractivity contribution in [1.82, 2.24) is 0 Å². The van der Waals surface area contributed by atoms with Crippen molar-refractivity contribution < 1.29 is 14.3 Å². The molecule has 2 aromatic carbocycles. The Kier molecular flexibility index (Phi) is 6.65. The van der Waals surface area contributed by atoms with Crippen LogP contribution in [0.4, 0.5) is 5.69 Å². The Hall–Kier alpha value is -2.27. The van der Waals surface area contributed by atoms with Gasteiger partial charge in [-0.2, -0.15) is 0 Å². The van der Waals surface area contributed by atoms with Crippen LogP contribution in [-0.4, -0.2) is 24.1 Å². The van der Waals surface area contributed by atoms with Crippen molar-refractivity contribution in [2.45, 2.75) is 30.9 Å². The number of nitrogens with one attached hydrogen (secondary N) is 1. The van der Waals surface area contributed by atoms with Crippen LogP contribution < -0.4 is 10.1 Å². The molecule has 0 aromatic heterocycles. The minimum atomic E-state index is -0.204. The lowest BCUT2D eigenvalue weighted by Gasteiger charge is -2.12. The van der Waals surface area contributed by atoms with Gasteiger partial charge < -0.3 is 10.1 Å². The van der Waals surface area contributed by atoms with Gasteiger partial charge in [-0.15, -0.1) is 11.8 Å². The molecule has 0 bridgehead atoms. The van der Waals surface area contributed by atoms with Crippen LogP contribution in [0.1, 0.15) is 31.1 Å². The van der Waals surface area contributed by atoms with E-state index in [2.05, 4.69) is 5.32 Å². The van der Waals surface area contributed by atoms with Gasteiger partial charge in [0.1, 0.15) is 5.75 Å². The van der Waals surface area contributed by atoms with Crippen LogP contribution in [0.3, 0.4) is 0 Å². The van der Waals surface area contributed by atoms with Gasteiger partial charge in [-0.1, -0.05) is 13.8 Å². The third-order valence-electron chi connectivity index (χ3n) is 3.70. The number of hydrogen-bond donors (Lipinski definition) is 1. The average Bonchev–Trinajstić information content (AvgIpc) is 2.62. The van der Waals surface area contributed by atoms with E-state index in [1.807, 2.05) is 45.0 Å². The van der Waals surface area contributed by atoms with Gasteiger partial charge in [-0.3, -0.25) is 9.59 Å². The van der Waals surface area contributed by atoms with E-state index in [-0.39, 0.29) is 22.9 Å². The van der Waals surface area contributed by atoms with E-state index in [0.29, 0.717) is 11.3 Å². The largest absolute Gasteiger partial charge is 0.497 e. The molecule has 0 heterocycles. The zero-order valence-corrected chi connectivity index (χ0v) is 15.7. The molecule has 0 aliphatic heterocycles. The number of methoxy groups -OCH3 is 1. The third kappa shape index (κ3) is 5.36. The Bertz CT molecular complexity index is 724. The quantitative estimate of drug-likeness (QED) is 0.579. The second kappa shape index (κ2) is 8.72. The number of rotatable bonds is 7. The van der Waals surface area contributed by atoms with E-state index >= 15 is 0 Å². The predicted molar refractivity (Wildman–Crippen MR) is 103 cm³/mol. The normalized spacial score (nSPS) is 11.9. The fourth-order valence-corrected chi connectivity index (χ4v) is 3.10. The molecule has 1 unspecified atom stereocenters. The van der Waals surface area contributed by atoms with E-state index < -0.39 is 0 Å². The molecule has 0 saturated carbocycles. The van der Waals surface area contributed by atoms with E-state index in [1.54, 1.807) is 31.4 Å². The van der Waals surface area contributed by atoms with Crippen molar-refractivity contribution in [3.05, 3.63) is 54.1 Å². The molecule has 5 heteroatoms. The number of ketones is 1. The summed E-state index contributed by atoms with van der Waals surface area (Å²) in [6, 6.07) is 14.7. The van der Waals surface area contributed by atoms with Crippen molar-refractivity contribution >= 4 is 29.1 Å². The van der Waals surface area contributed by atoms with Gasteiger partial charge in [0.05, 0.1) is 12.4 Å². The molecule has 1 amide bonds. The van der Waals surface area contributed by atoms with Crippen LogP contribution in [0.15, 0.2) is 53.4 Å². The van der Waals surface area contributed by atoms with Crippen molar-refractivity contribution in [2.75, 3.05) is 12.4 Å². The summed E-state index contributed by atoms with van der Waals surface area (Å²) in [4.78, 5) is 25.3. The van der Waals surface area contributed by atoms with Crippen LogP contribution in [0.25, 0.3) is 0 Å². The van der Waals surface area contributed by atoms with Crippen molar-refractivity contribution in [1.29, 1.82) is 0 Å². The first-order valence-electron chi connectivity index (χ1n) is 8.16. The molecule has 2 aromatic rings. The molecule has 0 spiro atoms. The van der Waals surface area contributed by atoms with Gasteiger partial charge in [0.15, 0.2) is 5.78 Å². The third-order valence-corrected chi connectivity index (χ3v) is 4.81. The van der Waals surface area contributed by atoms with E-state index in [9.17, 15) is 9.59 Å². The van der Waals surface area contributed by atoms with E-state index in [4.69, 9.17) is 4.74 Å². The zero-order chi connectivity index (χ0) is 18.4. The second-order valence-corrected chi connectivity index (χ2v) is 7.44. The first kappa shape index (κ1) is 19.1. The van der Waals surface area contributed by atoms with Crippen LogP contribution in [0.2, 0.25) is 0 Å². The second-order valence-electron chi connectivity index (χ2n) is 6.02. The highest BCUT2D eigenvalue weighted by Gasteiger charge is 2.17. The monoisotopic (exact) mass is 357 g/mol. The molecule has 0 saturated heterocycles. The fraction of sp³-hybridized carbons (Fsp3) is 0.300. The topological polar surface area (TPSA) is 55.4 Å². The average molecular weight is 357 g/mol. The minimum Gasteiger partial charge on any atom is -0.497 e. The number of carbonyl (C=O) groups is 2. The Morgan fingerprint density at radius 2 is 1.56 bits per heavy atom. The summed E-state index contributed by atoms with van der Waals surface area (Å²) in [5.74, 6) is 0.731. The maximum Gasteiger partial charge on any atom is 0.226 e. The highest BCUT2D eigenvalue weighted by Crippen LogP contribution is 2.27.